The molecule has 18 heavy (non-hydrogen) atoms. The molecule has 0 radical (unpaired) electrons. The fraction of sp³-hybridized carbons (Fsp3) is 0.412. The van der Waals surface area contributed by atoms with E-state index < -0.39 is 0 Å². The van der Waals surface area contributed by atoms with Crippen molar-refractivity contribution in [1.82, 2.24) is 5.32 Å². The minimum absolute atomic E-state index is 0.0827. The molecule has 0 unspecified atom stereocenters. The van der Waals surface area contributed by atoms with Crippen molar-refractivity contribution in [1.29, 1.82) is 0 Å². The van der Waals surface area contributed by atoms with Crippen LogP contribution in [0.15, 0.2) is 36.4 Å². The highest BCUT2D eigenvalue weighted by atomic mass is 14.8. The van der Waals surface area contributed by atoms with Crippen molar-refractivity contribution >= 4 is 0 Å². The van der Waals surface area contributed by atoms with E-state index in [-0.39, 0.29) is 5.41 Å². The second-order valence-electron chi connectivity index (χ2n) is 5.54. The van der Waals surface area contributed by atoms with Gasteiger partial charge in [-0.2, -0.15) is 0 Å². The Bertz CT molecular complexity index is 452. The van der Waals surface area contributed by atoms with Crippen LogP contribution in [0.1, 0.15) is 31.9 Å². The lowest BCUT2D eigenvalue weighted by molar-refractivity contribution is 0.571. The molecule has 96 valence electrons. The Morgan fingerprint density at radius 2 is 2.06 bits per heavy atom. The molecule has 1 rings (SSSR count). The van der Waals surface area contributed by atoms with Crippen LogP contribution in [0.2, 0.25) is 0 Å². The Hall–Kier alpha value is -1.52. The molecule has 0 bridgehead atoms. The lowest BCUT2D eigenvalue weighted by Crippen LogP contribution is -2.12. The molecule has 0 aliphatic rings. The van der Waals surface area contributed by atoms with Crippen LogP contribution < -0.4 is 5.32 Å². The molecule has 1 aromatic carbocycles. The molecule has 0 aliphatic heterocycles. The monoisotopic (exact) mass is 241 g/mol. The molecule has 0 heterocycles. The molecule has 0 saturated carbocycles. The predicted octanol–water partition coefficient (Wildman–Crippen LogP) is 3.69. The van der Waals surface area contributed by atoms with Crippen molar-refractivity contribution in [2.45, 2.75) is 34.2 Å². The van der Waals surface area contributed by atoms with E-state index in [4.69, 9.17) is 0 Å². The second kappa shape index (κ2) is 7.03. The van der Waals surface area contributed by atoms with E-state index in [1.807, 2.05) is 6.08 Å². The topological polar surface area (TPSA) is 12.0 Å². The standard InChI is InChI=1S/C17H23N/c1-15-9-8-10-16(13-15)14-18-12-7-5-6-11-17(2,3)4/h5,7-10,13,18H,12,14H2,1-4H3/b7-5+. The van der Waals surface area contributed by atoms with Gasteiger partial charge in [-0.15, -0.1) is 0 Å². The van der Waals surface area contributed by atoms with E-state index in [2.05, 4.69) is 75.2 Å². The Balaban J connectivity index is 2.26. The molecule has 1 N–H and O–H groups in total. The molecule has 0 spiro atoms. The van der Waals surface area contributed by atoms with Gasteiger partial charge >= 0.3 is 0 Å². The molecule has 1 nitrogen and oxygen atoms in total. The summed E-state index contributed by atoms with van der Waals surface area (Å²) in [4.78, 5) is 0. The zero-order valence-electron chi connectivity index (χ0n) is 11.9. The van der Waals surface area contributed by atoms with Crippen LogP contribution in [0.4, 0.5) is 0 Å². The maximum Gasteiger partial charge on any atom is 0.0233 e. The van der Waals surface area contributed by atoms with Gasteiger partial charge < -0.3 is 5.32 Å². The van der Waals surface area contributed by atoms with Gasteiger partial charge in [0, 0.05) is 18.5 Å². The molecule has 0 amide bonds. The summed E-state index contributed by atoms with van der Waals surface area (Å²) >= 11 is 0. The molecular formula is C17H23N. The Morgan fingerprint density at radius 3 is 2.72 bits per heavy atom. The summed E-state index contributed by atoms with van der Waals surface area (Å²) in [6.45, 7) is 10.2. The summed E-state index contributed by atoms with van der Waals surface area (Å²) < 4.78 is 0. The van der Waals surface area contributed by atoms with Crippen molar-refractivity contribution in [3.05, 3.63) is 47.5 Å². The molecular weight excluding hydrogens is 218 g/mol. The van der Waals surface area contributed by atoms with Crippen molar-refractivity contribution < 1.29 is 0 Å². The van der Waals surface area contributed by atoms with Gasteiger partial charge in [-0.3, -0.25) is 0 Å². The van der Waals surface area contributed by atoms with Crippen LogP contribution in [0.5, 0.6) is 0 Å². The Kier molecular flexibility index (Phi) is 5.68. The van der Waals surface area contributed by atoms with Crippen LogP contribution >= 0.6 is 0 Å². The summed E-state index contributed by atoms with van der Waals surface area (Å²) in [5.74, 6) is 6.24. The SMILES string of the molecule is Cc1cccc(CNC/C=C/C#CC(C)(C)C)c1. The second-order valence-corrected chi connectivity index (χ2v) is 5.54. The average molecular weight is 241 g/mol. The first-order valence-electron chi connectivity index (χ1n) is 6.41. The molecule has 1 aromatic rings. The number of nitrogens with one attached hydrogen (secondary N) is 1. The summed E-state index contributed by atoms with van der Waals surface area (Å²) in [6, 6.07) is 8.56. The first-order valence-corrected chi connectivity index (χ1v) is 6.41. The van der Waals surface area contributed by atoms with Crippen LogP contribution in [0.3, 0.4) is 0 Å². The number of benzene rings is 1. The Labute approximate surface area is 111 Å². The molecule has 0 aliphatic carbocycles. The van der Waals surface area contributed by atoms with Gasteiger partial charge in [-0.25, -0.2) is 0 Å². The Morgan fingerprint density at radius 1 is 1.28 bits per heavy atom. The number of allylic oxidation sites excluding steroid dienone is 1. The molecule has 0 atom stereocenters. The van der Waals surface area contributed by atoms with Gasteiger partial charge in [0.15, 0.2) is 0 Å². The van der Waals surface area contributed by atoms with Gasteiger partial charge in [-0.1, -0.05) is 47.7 Å². The van der Waals surface area contributed by atoms with Crippen molar-refractivity contribution in [2.24, 2.45) is 5.41 Å². The lowest BCUT2D eigenvalue weighted by Gasteiger charge is -2.05. The van der Waals surface area contributed by atoms with Gasteiger partial charge in [0.2, 0.25) is 0 Å². The molecule has 0 aromatic heterocycles. The van der Waals surface area contributed by atoms with Crippen LogP contribution in [-0.2, 0) is 6.54 Å². The van der Waals surface area contributed by atoms with E-state index in [1.54, 1.807) is 0 Å². The molecule has 0 saturated heterocycles. The van der Waals surface area contributed by atoms with E-state index in [1.165, 1.54) is 11.1 Å². The first kappa shape index (κ1) is 14.5. The normalized spacial score (nSPS) is 11.3. The summed E-state index contributed by atoms with van der Waals surface area (Å²) in [5.41, 5.74) is 2.71. The van der Waals surface area contributed by atoms with Crippen LogP contribution in [0, 0.1) is 24.2 Å². The van der Waals surface area contributed by atoms with Gasteiger partial charge in [-0.05, 0) is 39.3 Å². The average Bonchev–Trinajstić information content (AvgIpc) is 2.26. The highest BCUT2D eigenvalue weighted by molar-refractivity contribution is 5.22. The third-order valence-corrected chi connectivity index (χ3v) is 2.32. The van der Waals surface area contributed by atoms with Crippen LogP contribution in [-0.4, -0.2) is 6.54 Å². The van der Waals surface area contributed by atoms with Gasteiger partial charge in [0.1, 0.15) is 0 Å². The fourth-order valence-corrected chi connectivity index (χ4v) is 1.50. The van der Waals surface area contributed by atoms with Crippen molar-refractivity contribution in [3.63, 3.8) is 0 Å². The number of aryl methyl sites for hydroxylation is 1. The van der Waals surface area contributed by atoms with E-state index in [9.17, 15) is 0 Å². The first-order chi connectivity index (χ1) is 8.47. The fourth-order valence-electron chi connectivity index (χ4n) is 1.50. The van der Waals surface area contributed by atoms with Crippen molar-refractivity contribution in [2.75, 3.05) is 6.54 Å². The maximum atomic E-state index is 3.37. The largest absolute Gasteiger partial charge is 0.309 e. The third kappa shape index (κ3) is 6.93. The zero-order chi connectivity index (χ0) is 13.4. The summed E-state index contributed by atoms with van der Waals surface area (Å²) in [6.07, 6.45) is 3.99. The van der Waals surface area contributed by atoms with E-state index in [0.29, 0.717) is 0 Å². The maximum absolute atomic E-state index is 3.37. The highest BCUT2D eigenvalue weighted by Gasteiger charge is 2.02. The van der Waals surface area contributed by atoms with Gasteiger partial charge in [0.25, 0.3) is 0 Å². The summed E-state index contributed by atoms with van der Waals surface area (Å²) in [5, 5.41) is 3.37. The summed E-state index contributed by atoms with van der Waals surface area (Å²) in [7, 11) is 0. The minimum Gasteiger partial charge on any atom is -0.309 e. The number of hydrogen-bond acceptors (Lipinski definition) is 1. The van der Waals surface area contributed by atoms with E-state index >= 15 is 0 Å². The molecule has 0 fully saturated rings. The smallest absolute Gasteiger partial charge is 0.0233 e. The third-order valence-electron chi connectivity index (χ3n) is 2.32. The van der Waals surface area contributed by atoms with Crippen LogP contribution in [0.25, 0.3) is 0 Å². The minimum atomic E-state index is 0.0827. The number of hydrogen-bond donors (Lipinski definition) is 1. The lowest BCUT2D eigenvalue weighted by atomic mass is 9.98. The van der Waals surface area contributed by atoms with E-state index in [0.717, 1.165) is 13.1 Å². The van der Waals surface area contributed by atoms with Gasteiger partial charge in [0.05, 0.1) is 0 Å². The van der Waals surface area contributed by atoms with Crippen molar-refractivity contribution in [3.8, 4) is 11.8 Å². The predicted molar refractivity (Wildman–Crippen MR) is 79.3 cm³/mol. The zero-order valence-corrected chi connectivity index (χ0v) is 11.9. The quantitative estimate of drug-likeness (QED) is 0.626. The highest BCUT2D eigenvalue weighted by Crippen LogP contribution is 2.09. The molecule has 1 heteroatoms. The number of rotatable bonds is 4.